The van der Waals surface area contributed by atoms with Gasteiger partial charge in [0.15, 0.2) is 4.34 Å². The van der Waals surface area contributed by atoms with Gasteiger partial charge in [-0.3, -0.25) is 9.89 Å². The summed E-state index contributed by atoms with van der Waals surface area (Å²) in [7, 11) is 0. The van der Waals surface area contributed by atoms with Crippen LogP contribution >= 0.6 is 23.1 Å². The molecule has 4 rings (SSSR count). The van der Waals surface area contributed by atoms with Gasteiger partial charge in [0.2, 0.25) is 5.91 Å². The Morgan fingerprint density at radius 2 is 2.18 bits per heavy atom. The zero-order valence-corrected chi connectivity index (χ0v) is 17.8. The summed E-state index contributed by atoms with van der Waals surface area (Å²) in [6, 6.07) is 8.39. The zero-order valence-electron chi connectivity index (χ0n) is 16.1. The van der Waals surface area contributed by atoms with Crippen molar-refractivity contribution >= 4 is 29.0 Å². The molecule has 3 aromatic rings. The molecular formula is C21H24N4OS2. The van der Waals surface area contributed by atoms with Gasteiger partial charge in [0, 0.05) is 41.3 Å². The molecule has 1 N–H and O–H groups in total. The maximum absolute atomic E-state index is 12.8. The van der Waals surface area contributed by atoms with Crippen molar-refractivity contribution in [3.8, 4) is 11.1 Å². The summed E-state index contributed by atoms with van der Waals surface area (Å²) in [6.07, 6.45) is 4.01. The van der Waals surface area contributed by atoms with Crippen molar-refractivity contribution in [3.05, 3.63) is 52.8 Å². The number of benzene rings is 1. The van der Waals surface area contributed by atoms with Crippen molar-refractivity contribution in [2.75, 3.05) is 18.8 Å². The van der Waals surface area contributed by atoms with Crippen LogP contribution in [-0.4, -0.2) is 44.8 Å². The molecule has 1 atom stereocenters. The van der Waals surface area contributed by atoms with Crippen molar-refractivity contribution in [1.29, 1.82) is 0 Å². The number of thiazole rings is 1. The molecule has 1 unspecified atom stereocenters. The predicted molar refractivity (Wildman–Crippen MR) is 115 cm³/mol. The number of aromatic nitrogens is 3. The summed E-state index contributed by atoms with van der Waals surface area (Å²) in [5.74, 6) is 0.939. The van der Waals surface area contributed by atoms with Gasteiger partial charge in [-0.05, 0) is 37.8 Å². The Bertz CT molecular complexity index is 965. The number of rotatable bonds is 5. The van der Waals surface area contributed by atoms with E-state index in [9.17, 15) is 4.79 Å². The molecule has 0 saturated carbocycles. The summed E-state index contributed by atoms with van der Waals surface area (Å²) in [4.78, 5) is 19.2. The van der Waals surface area contributed by atoms with E-state index >= 15 is 0 Å². The van der Waals surface area contributed by atoms with E-state index in [0.717, 1.165) is 47.2 Å². The highest BCUT2D eigenvalue weighted by atomic mass is 32.2. The van der Waals surface area contributed by atoms with E-state index < -0.39 is 0 Å². The fourth-order valence-electron chi connectivity index (χ4n) is 3.75. The van der Waals surface area contributed by atoms with Gasteiger partial charge in [0.25, 0.3) is 0 Å². The van der Waals surface area contributed by atoms with E-state index in [-0.39, 0.29) is 5.91 Å². The van der Waals surface area contributed by atoms with Gasteiger partial charge in [0.1, 0.15) is 0 Å². The quantitative estimate of drug-likeness (QED) is 0.620. The highest BCUT2D eigenvalue weighted by Gasteiger charge is 2.28. The molecule has 7 heteroatoms. The molecule has 1 aliphatic rings. The van der Waals surface area contributed by atoms with E-state index in [4.69, 9.17) is 0 Å². The first-order chi connectivity index (χ1) is 13.6. The molecule has 0 aliphatic carbocycles. The van der Waals surface area contributed by atoms with Gasteiger partial charge < -0.3 is 4.90 Å². The minimum atomic E-state index is 0.194. The van der Waals surface area contributed by atoms with Crippen molar-refractivity contribution in [2.45, 2.75) is 36.9 Å². The molecule has 3 heterocycles. The molecule has 1 amide bonds. The van der Waals surface area contributed by atoms with Gasteiger partial charge in [-0.2, -0.15) is 5.10 Å². The lowest BCUT2D eigenvalue weighted by Crippen LogP contribution is -2.40. The number of hydrogen-bond donors (Lipinski definition) is 1. The lowest BCUT2D eigenvalue weighted by molar-refractivity contribution is -0.129. The maximum Gasteiger partial charge on any atom is 0.233 e. The highest BCUT2D eigenvalue weighted by molar-refractivity contribution is 8.01. The van der Waals surface area contributed by atoms with E-state index in [1.165, 1.54) is 22.9 Å². The first-order valence-electron chi connectivity index (χ1n) is 9.54. The van der Waals surface area contributed by atoms with Crippen molar-refractivity contribution in [3.63, 3.8) is 0 Å². The average Bonchev–Trinajstić information content (AvgIpc) is 3.35. The Morgan fingerprint density at radius 3 is 2.96 bits per heavy atom. The monoisotopic (exact) mass is 412 g/mol. The Labute approximate surface area is 173 Å². The molecule has 2 aromatic heterocycles. The van der Waals surface area contributed by atoms with E-state index in [1.807, 2.05) is 23.4 Å². The highest BCUT2D eigenvalue weighted by Crippen LogP contribution is 2.34. The predicted octanol–water partition coefficient (Wildman–Crippen LogP) is 4.65. The SMILES string of the molecule is Cc1csc(SCC(=O)N2CCCC(c3[nH]ncc3-c3ccccc3C)C2)n1. The minimum absolute atomic E-state index is 0.194. The first kappa shape index (κ1) is 19.2. The number of aromatic amines is 1. The van der Waals surface area contributed by atoms with Crippen LogP contribution in [0.25, 0.3) is 11.1 Å². The van der Waals surface area contributed by atoms with Crippen LogP contribution in [0, 0.1) is 13.8 Å². The Kier molecular flexibility index (Phi) is 5.82. The normalized spacial score (nSPS) is 17.1. The largest absolute Gasteiger partial charge is 0.341 e. The topological polar surface area (TPSA) is 61.9 Å². The second kappa shape index (κ2) is 8.49. The maximum atomic E-state index is 12.8. The summed E-state index contributed by atoms with van der Waals surface area (Å²) < 4.78 is 0.967. The number of likely N-dealkylation sites (tertiary alicyclic amines) is 1. The van der Waals surface area contributed by atoms with Crippen molar-refractivity contribution < 1.29 is 4.79 Å². The third kappa shape index (κ3) is 4.15. The number of piperidine rings is 1. The van der Waals surface area contributed by atoms with Gasteiger partial charge in [0.05, 0.1) is 11.9 Å². The molecule has 0 spiro atoms. The Morgan fingerprint density at radius 1 is 1.32 bits per heavy atom. The second-order valence-corrected chi connectivity index (χ2v) is 9.32. The molecular weight excluding hydrogens is 388 g/mol. The number of thioether (sulfide) groups is 1. The van der Waals surface area contributed by atoms with Crippen LogP contribution in [0.2, 0.25) is 0 Å². The summed E-state index contributed by atoms with van der Waals surface area (Å²) in [5.41, 5.74) is 5.77. The molecule has 1 fully saturated rings. The molecule has 1 saturated heterocycles. The third-order valence-electron chi connectivity index (χ3n) is 5.20. The van der Waals surface area contributed by atoms with Gasteiger partial charge in [-0.1, -0.05) is 36.0 Å². The number of H-pyrrole nitrogens is 1. The lowest BCUT2D eigenvalue weighted by atomic mass is 9.89. The van der Waals surface area contributed by atoms with E-state index in [0.29, 0.717) is 11.7 Å². The number of nitrogens with one attached hydrogen (secondary N) is 1. The zero-order chi connectivity index (χ0) is 19.5. The number of carbonyl (C=O) groups is 1. The van der Waals surface area contributed by atoms with Crippen LogP contribution in [0.3, 0.4) is 0 Å². The summed E-state index contributed by atoms with van der Waals surface area (Å²) >= 11 is 3.15. The lowest BCUT2D eigenvalue weighted by Gasteiger charge is -2.32. The average molecular weight is 413 g/mol. The molecule has 0 radical (unpaired) electrons. The number of carbonyl (C=O) groups excluding carboxylic acids is 1. The van der Waals surface area contributed by atoms with Crippen LogP contribution in [0.5, 0.6) is 0 Å². The molecule has 0 bridgehead atoms. The fraction of sp³-hybridized carbons (Fsp3) is 0.381. The van der Waals surface area contributed by atoms with Crippen LogP contribution in [0.4, 0.5) is 0 Å². The number of nitrogens with zero attached hydrogens (tertiary/aromatic N) is 3. The molecule has 28 heavy (non-hydrogen) atoms. The third-order valence-corrected chi connectivity index (χ3v) is 7.33. The number of aryl methyl sites for hydroxylation is 2. The molecule has 5 nitrogen and oxygen atoms in total. The van der Waals surface area contributed by atoms with Gasteiger partial charge in [-0.25, -0.2) is 4.98 Å². The second-order valence-electron chi connectivity index (χ2n) is 7.23. The Balaban J connectivity index is 1.45. The number of amides is 1. The van der Waals surface area contributed by atoms with Crippen LogP contribution < -0.4 is 0 Å². The standard InChI is InChI=1S/C21H24N4OS2/c1-14-6-3-4-8-17(14)18-10-22-24-20(18)16-7-5-9-25(11-16)19(26)13-28-21-23-15(2)12-27-21/h3-4,6,8,10,12,16H,5,7,9,11,13H2,1-2H3,(H,22,24). The molecule has 146 valence electrons. The van der Waals surface area contributed by atoms with Crippen molar-refractivity contribution in [2.24, 2.45) is 0 Å². The van der Waals surface area contributed by atoms with Crippen LogP contribution in [0.15, 0.2) is 40.2 Å². The minimum Gasteiger partial charge on any atom is -0.341 e. The van der Waals surface area contributed by atoms with E-state index in [2.05, 4.69) is 46.4 Å². The van der Waals surface area contributed by atoms with Gasteiger partial charge >= 0.3 is 0 Å². The summed E-state index contributed by atoms with van der Waals surface area (Å²) in [6.45, 7) is 5.69. The molecule has 1 aliphatic heterocycles. The first-order valence-corrected chi connectivity index (χ1v) is 11.4. The van der Waals surface area contributed by atoms with Crippen LogP contribution in [-0.2, 0) is 4.79 Å². The fourth-order valence-corrected chi connectivity index (χ4v) is 5.50. The Hall–Kier alpha value is -2.12. The molecule has 1 aromatic carbocycles. The van der Waals surface area contributed by atoms with Gasteiger partial charge in [-0.15, -0.1) is 11.3 Å². The summed E-state index contributed by atoms with van der Waals surface area (Å²) in [5, 5.41) is 9.57. The number of hydrogen-bond acceptors (Lipinski definition) is 5. The van der Waals surface area contributed by atoms with Crippen molar-refractivity contribution in [1.82, 2.24) is 20.1 Å². The smallest absolute Gasteiger partial charge is 0.233 e. The van der Waals surface area contributed by atoms with Crippen LogP contribution in [0.1, 0.15) is 35.7 Å². The van der Waals surface area contributed by atoms with E-state index in [1.54, 1.807) is 11.3 Å².